The first-order valence-corrected chi connectivity index (χ1v) is 10.6. The molecule has 30 heavy (non-hydrogen) atoms. The van der Waals surface area contributed by atoms with E-state index in [1.165, 1.54) is 20.8 Å². The Hall–Kier alpha value is -3.39. The number of fused-ring (bicyclic) bond motifs is 1. The van der Waals surface area contributed by atoms with E-state index in [0.29, 0.717) is 22.1 Å². The maximum atomic E-state index is 12.7. The molecule has 0 aliphatic rings. The second-order valence-corrected chi connectivity index (χ2v) is 7.71. The molecule has 0 unspecified atom stereocenters. The first-order chi connectivity index (χ1) is 14.6. The highest BCUT2D eigenvalue weighted by molar-refractivity contribution is 7.98. The summed E-state index contributed by atoms with van der Waals surface area (Å²) in [4.78, 5) is 29.5. The van der Waals surface area contributed by atoms with E-state index < -0.39 is 0 Å². The second kappa shape index (κ2) is 8.96. The summed E-state index contributed by atoms with van der Waals surface area (Å²) in [5.41, 5.74) is 3.07. The second-order valence-electron chi connectivity index (χ2n) is 6.74. The minimum absolute atomic E-state index is 0.167. The molecular formula is C22H21N5O2S. The molecule has 2 aromatic heterocycles. The molecule has 1 amide bonds. The predicted molar refractivity (Wildman–Crippen MR) is 118 cm³/mol. The number of amides is 1. The molecule has 0 aliphatic carbocycles. The van der Waals surface area contributed by atoms with Crippen LogP contribution in [0.1, 0.15) is 18.1 Å². The van der Waals surface area contributed by atoms with E-state index in [-0.39, 0.29) is 18.1 Å². The molecule has 0 spiro atoms. The van der Waals surface area contributed by atoms with E-state index in [0.717, 1.165) is 17.5 Å². The number of nitrogens with zero attached hydrogens (tertiary/aromatic N) is 4. The van der Waals surface area contributed by atoms with Gasteiger partial charge in [-0.1, -0.05) is 61.2 Å². The third-order valence-electron chi connectivity index (χ3n) is 4.60. The van der Waals surface area contributed by atoms with Gasteiger partial charge in [0, 0.05) is 23.8 Å². The van der Waals surface area contributed by atoms with Gasteiger partial charge in [-0.3, -0.25) is 4.79 Å². The summed E-state index contributed by atoms with van der Waals surface area (Å²) in [7, 11) is 0. The molecule has 1 N–H and O–H groups in total. The number of rotatable bonds is 7. The van der Waals surface area contributed by atoms with Crippen molar-refractivity contribution in [2.24, 2.45) is 0 Å². The third kappa shape index (κ3) is 4.44. The first-order valence-electron chi connectivity index (χ1n) is 9.63. The maximum absolute atomic E-state index is 12.7. The summed E-state index contributed by atoms with van der Waals surface area (Å²) in [6.07, 6.45) is 4.02. The smallest absolute Gasteiger partial charge is 0.324 e. The molecule has 0 atom stereocenters. The largest absolute Gasteiger partial charge is 0.350 e. The highest BCUT2D eigenvalue weighted by Gasteiger charge is 2.15. The van der Waals surface area contributed by atoms with Gasteiger partial charge in [0.25, 0.3) is 0 Å². The topological polar surface area (TPSA) is 81.3 Å². The van der Waals surface area contributed by atoms with Crippen LogP contribution in [0.5, 0.6) is 0 Å². The molecule has 0 saturated carbocycles. The van der Waals surface area contributed by atoms with Gasteiger partial charge in [-0.25, -0.2) is 18.9 Å². The summed E-state index contributed by atoms with van der Waals surface area (Å²) >= 11 is 1.50. The average molecular weight is 420 g/mol. The van der Waals surface area contributed by atoms with Crippen LogP contribution in [-0.2, 0) is 23.5 Å². The fourth-order valence-corrected chi connectivity index (χ4v) is 3.96. The third-order valence-corrected chi connectivity index (χ3v) is 5.64. The monoisotopic (exact) mass is 419 g/mol. The summed E-state index contributed by atoms with van der Waals surface area (Å²) < 4.78 is 2.59. The molecule has 2 aromatic carbocycles. The Kier molecular flexibility index (Phi) is 5.94. The molecule has 152 valence electrons. The molecule has 0 bridgehead atoms. The molecule has 0 radical (unpaired) electrons. The van der Waals surface area contributed by atoms with Crippen molar-refractivity contribution in [3.63, 3.8) is 0 Å². The number of aromatic nitrogens is 4. The molecule has 8 heteroatoms. The van der Waals surface area contributed by atoms with Crippen molar-refractivity contribution in [2.45, 2.75) is 30.7 Å². The van der Waals surface area contributed by atoms with Crippen molar-refractivity contribution < 1.29 is 4.79 Å². The number of aryl methyl sites for hydroxylation is 1. The SMILES string of the molecule is CCc1cccc(NC(=O)Cn2nc3c(SCc4ccccc4)nccn3c2=O)c1. The van der Waals surface area contributed by atoms with Crippen LogP contribution in [0.4, 0.5) is 5.69 Å². The molecule has 0 aliphatic heterocycles. The van der Waals surface area contributed by atoms with Crippen LogP contribution in [0.2, 0.25) is 0 Å². The number of nitrogens with one attached hydrogen (secondary N) is 1. The summed E-state index contributed by atoms with van der Waals surface area (Å²) in [5, 5.41) is 7.84. The Morgan fingerprint density at radius 3 is 2.70 bits per heavy atom. The zero-order valence-electron chi connectivity index (χ0n) is 16.5. The maximum Gasteiger partial charge on any atom is 0.350 e. The first kappa shape index (κ1) is 19.9. The van der Waals surface area contributed by atoms with Gasteiger partial charge in [0.15, 0.2) is 5.65 Å². The highest BCUT2D eigenvalue weighted by atomic mass is 32.2. The fraction of sp³-hybridized carbons (Fsp3) is 0.182. The zero-order valence-corrected chi connectivity index (χ0v) is 17.3. The van der Waals surface area contributed by atoms with Crippen LogP contribution in [0, 0.1) is 0 Å². The van der Waals surface area contributed by atoms with Crippen molar-refractivity contribution in [1.29, 1.82) is 0 Å². The van der Waals surface area contributed by atoms with E-state index in [1.54, 1.807) is 12.4 Å². The fourth-order valence-electron chi connectivity index (χ4n) is 3.06. The van der Waals surface area contributed by atoms with Gasteiger partial charge in [0.05, 0.1) is 0 Å². The van der Waals surface area contributed by atoms with E-state index in [9.17, 15) is 9.59 Å². The molecule has 2 heterocycles. The van der Waals surface area contributed by atoms with Crippen LogP contribution in [0.25, 0.3) is 5.65 Å². The van der Waals surface area contributed by atoms with Crippen molar-refractivity contribution in [1.82, 2.24) is 19.2 Å². The van der Waals surface area contributed by atoms with Crippen LogP contribution in [0.15, 0.2) is 76.8 Å². The number of carbonyl (C=O) groups excluding carboxylic acids is 1. The van der Waals surface area contributed by atoms with Crippen molar-refractivity contribution in [2.75, 3.05) is 5.32 Å². The number of hydrogen-bond acceptors (Lipinski definition) is 5. The van der Waals surface area contributed by atoms with Crippen molar-refractivity contribution >= 4 is 29.0 Å². The van der Waals surface area contributed by atoms with Gasteiger partial charge in [0.2, 0.25) is 5.91 Å². The lowest BCUT2D eigenvalue weighted by molar-refractivity contribution is -0.117. The summed E-state index contributed by atoms with van der Waals surface area (Å²) in [5.74, 6) is 0.406. The van der Waals surface area contributed by atoms with E-state index in [2.05, 4.69) is 22.3 Å². The number of anilines is 1. The van der Waals surface area contributed by atoms with Gasteiger partial charge >= 0.3 is 5.69 Å². The van der Waals surface area contributed by atoms with E-state index in [1.807, 2.05) is 54.6 Å². The van der Waals surface area contributed by atoms with Gasteiger partial charge in [-0.2, -0.15) is 0 Å². The lowest BCUT2D eigenvalue weighted by Gasteiger charge is -2.06. The Bertz CT molecular complexity index is 1230. The molecular weight excluding hydrogens is 398 g/mol. The normalized spacial score (nSPS) is 11.0. The minimum atomic E-state index is -0.369. The van der Waals surface area contributed by atoms with Crippen LogP contribution < -0.4 is 11.0 Å². The molecule has 4 rings (SSSR count). The minimum Gasteiger partial charge on any atom is -0.324 e. The van der Waals surface area contributed by atoms with Gasteiger partial charge < -0.3 is 5.32 Å². The number of hydrogen-bond donors (Lipinski definition) is 1. The Morgan fingerprint density at radius 2 is 1.90 bits per heavy atom. The van der Waals surface area contributed by atoms with Crippen molar-refractivity contribution in [3.05, 3.63) is 88.6 Å². The lowest BCUT2D eigenvalue weighted by Crippen LogP contribution is -2.28. The molecule has 7 nitrogen and oxygen atoms in total. The van der Waals surface area contributed by atoms with E-state index >= 15 is 0 Å². The lowest BCUT2D eigenvalue weighted by atomic mass is 10.1. The Labute approximate surface area is 177 Å². The van der Waals surface area contributed by atoms with Crippen LogP contribution in [-0.4, -0.2) is 25.1 Å². The average Bonchev–Trinajstić information content (AvgIpc) is 3.09. The molecule has 4 aromatic rings. The number of benzene rings is 2. The summed E-state index contributed by atoms with van der Waals surface area (Å²) in [6, 6.07) is 17.7. The van der Waals surface area contributed by atoms with E-state index in [4.69, 9.17) is 0 Å². The van der Waals surface area contributed by atoms with Gasteiger partial charge in [-0.15, -0.1) is 5.10 Å². The Balaban J connectivity index is 1.52. The standard InChI is InChI=1S/C22H21N5O2S/c1-2-16-9-6-10-18(13-16)24-19(28)14-27-22(29)26-12-11-23-21(20(26)25-27)30-15-17-7-4-3-5-8-17/h3-13H,2,14-15H2,1H3,(H,24,28). The molecule has 0 fully saturated rings. The Morgan fingerprint density at radius 1 is 1.10 bits per heavy atom. The molecule has 0 saturated heterocycles. The highest BCUT2D eigenvalue weighted by Crippen LogP contribution is 2.23. The van der Waals surface area contributed by atoms with Crippen LogP contribution >= 0.6 is 11.8 Å². The number of carbonyl (C=O) groups is 1. The van der Waals surface area contributed by atoms with Gasteiger partial charge in [0.1, 0.15) is 11.6 Å². The van der Waals surface area contributed by atoms with Crippen molar-refractivity contribution in [3.8, 4) is 0 Å². The summed E-state index contributed by atoms with van der Waals surface area (Å²) in [6.45, 7) is 1.89. The van der Waals surface area contributed by atoms with Crippen LogP contribution in [0.3, 0.4) is 0 Å². The number of thioether (sulfide) groups is 1. The zero-order chi connectivity index (χ0) is 20.9. The van der Waals surface area contributed by atoms with Gasteiger partial charge in [-0.05, 0) is 29.7 Å². The quantitative estimate of drug-likeness (QED) is 0.465. The predicted octanol–water partition coefficient (Wildman–Crippen LogP) is 3.38.